The van der Waals surface area contributed by atoms with Gasteiger partial charge in [0.25, 0.3) is 5.78 Å². The predicted octanol–water partition coefficient (Wildman–Crippen LogP) is 2.11. The molecule has 0 unspecified atom stereocenters. The maximum atomic E-state index is 11.8. The summed E-state index contributed by atoms with van der Waals surface area (Å²) in [5.74, 6) is 0.581. The fourth-order valence-corrected chi connectivity index (χ4v) is 3.51. The lowest BCUT2D eigenvalue weighted by atomic mass is 9.97. The number of hydrogen-bond donors (Lipinski definition) is 0. The molecule has 1 aliphatic heterocycles. The second kappa shape index (κ2) is 6.98. The van der Waals surface area contributed by atoms with Crippen LogP contribution in [0, 0.1) is 24.5 Å². The van der Waals surface area contributed by atoms with Crippen LogP contribution >= 0.6 is 12.2 Å². The SMILES string of the molecule is CCOC(=O)C1CCN(Cn2nc3nc(C)cc(C)n3c2=S)CC1. The van der Waals surface area contributed by atoms with Crippen molar-refractivity contribution in [2.45, 2.75) is 40.3 Å². The molecule has 0 spiro atoms. The number of carbonyl (C=O) groups excluding carboxylic acids is 1. The first-order valence-electron chi connectivity index (χ1n) is 8.32. The molecule has 0 N–H and O–H groups in total. The summed E-state index contributed by atoms with van der Waals surface area (Å²) in [5, 5.41) is 4.54. The van der Waals surface area contributed by atoms with Crippen molar-refractivity contribution in [2.24, 2.45) is 5.92 Å². The van der Waals surface area contributed by atoms with Gasteiger partial charge < -0.3 is 4.74 Å². The van der Waals surface area contributed by atoms with E-state index in [0.717, 1.165) is 37.3 Å². The lowest BCUT2D eigenvalue weighted by molar-refractivity contribution is -0.149. The monoisotopic (exact) mass is 349 g/mol. The molecule has 0 aliphatic carbocycles. The molecule has 0 saturated carbocycles. The van der Waals surface area contributed by atoms with Crippen molar-refractivity contribution in [3.8, 4) is 0 Å². The van der Waals surface area contributed by atoms with Crippen molar-refractivity contribution in [1.82, 2.24) is 24.1 Å². The quantitative estimate of drug-likeness (QED) is 0.622. The van der Waals surface area contributed by atoms with E-state index in [1.165, 1.54) is 0 Å². The summed E-state index contributed by atoms with van der Waals surface area (Å²) in [6.07, 6.45) is 1.63. The highest BCUT2D eigenvalue weighted by atomic mass is 32.1. The third-order valence-electron chi connectivity index (χ3n) is 4.41. The first-order valence-corrected chi connectivity index (χ1v) is 8.73. The molecule has 0 aromatic carbocycles. The Balaban J connectivity index is 1.71. The van der Waals surface area contributed by atoms with Gasteiger partial charge in [0.05, 0.1) is 19.2 Å². The molecule has 3 rings (SSSR count). The zero-order chi connectivity index (χ0) is 17.3. The molecule has 2 aromatic heterocycles. The van der Waals surface area contributed by atoms with E-state index < -0.39 is 0 Å². The lowest BCUT2D eigenvalue weighted by Crippen LogP contribution is -2.38. The van der Waals surface area contributed by atoms with E-state index in [1.807, 2.05) is 35.9 Å². The van der Waals surface area contributed by atoms with Crippen molar-refractivity contribution in [1.29, 1.82) is 0 Å². The van der Waals surface area contributed by atoms with Gasteiger partial charge in [0.1, 0.15) is 0 Å². The lowest BCUT2D eigenvalue weighted by Gasteiger charge is -2.30. The van der Waals surface area contributed by atoms with Crippen LogP contribution < -0.4 is 0 Å². The van der Waals surface area contributed by atoms with Crippen molar-refractivity contribution >= 4 is 24.0 Å². The van der Waals surface area contributed by atoms with Gasteiger partial charge in [-0.1, -0.05) is 0 Å². The molecule has 0 atom stereocenters. The summed E-state index contributed by atoms with van der Waals surface area (Å²) in [6, 6.07) is 2.00. The Morgan fingerprint density at radius 2 is 2.08 bits per heavy atom. The van der Waals surface area contributed by atoms with Crippen molar-refractivity contribution in [3.05, 3.63) is 22.2 Å². The van der Waals surface area contributed by atoms with E-state index in [2.05, 4.69) is 15.0 Å². The molecular formula is C16H23N5O2S. The number of hydrogen-bond acceptors (Lipinski definition) is 6. The maximum absolute atomic E-state index is 11.8. The van der Waals surface area contributed by atoms with E-state index in [9.17, 15) is 4.79 Å². The van der Waals surface area contributed by atoms with Gasteiger partial charge in [0.15, 0.2) is 0 Å². The fraction of sp³-hybridized carbons (Fsp3) is 0.625. The smallest absolute Gasteiger partial charge is 0.309 e. The molecule has 1 aliphatic rings. The van der Waals surface area contributed by atoms with Crippen LogP contribution in [0.2, 0.25) is 0 Å². The first-order chi connectivity index (χ1) is 11.5. The van der Waals surface area contributed by atoms with Crippen molar-refractivity contribution < 1.29 is 9.53 Å². The van der Waals surface area contributed by atoms with E-state index in [1.54, 1.807) is 0 Å². The van der Waals surface area contributed by atoms with Gasteiger partial charge >= 0.3 is 5.97 Å². The number of fused-ring (bicyclic) bond motifs is 1. The molecule has 0 amide bonds. The molecule has 0 radical (unpaired) electrons. The molecule has 1 saturated heterocycles. The third kappa shape index (κ3) is 3.34. The van der Waals surface area contributed by atoms with Crippen LogP contribution in [0.5, 0.6) is 0 Å². The zero-order valence-electron chi connectivity index (χ0n) is 14.4. The third-order valence-corrected chi connectivity index (χ3v) is 4.80. The van der Waals surface area contributed by atoms with Gasteiger partial charge in [-0.15, -0.1) is 5.10 Å². The number of likely N-dealkylation sites (tertiary alicyclic amines) is 1. The Hall–Kier alpha value is -1.80. The van der Waals surface area contributed by atoms with E-state index >= 15 is 0 Å². The number of rotatable bonds is 4. The summed E-state index contributed by atoms with van der Waals surface area (Å²) >= 11 is 5.55. The first kappa shape index (κ1) is 17.0. The molecule has 7 nitrogen and oxygen atoms in total. The standard InChI is InChI=1S/C16H23N5O2S/c1-4-23-14(22)13-5-7-19(8-6-13)10-20-16(24)21-12(3)9-11(2)17-15(21)18-20/h9,13H,4-8,10H2,1-3H3. The Morgan fingerprint density at radius 3 is 2.75 bits per heavy atom. The fourth-order valence-electron chi connectivity index (χ4n) is 3.19. The van der Waals surface area contributed by atoms with Crippen LogP contribution in [0.3, 0.4) is 0 Å². The minimum absolute atomic E-state index is 0.0156. The molecule has 2 aromatic rings. The van der Waals surface area contributed by atoms with Gasteiger partial charge in [0, 0.05) is 24.5 Å². The number of ether oxygens (including phenoxy) is 1. The average Bonchev–Trinajstić information content (AvgIpc) is 2.84. The van der Waals surface area contributed by atoms with Gasteiger partial charge in [-0.2, -0.15) is 0 Å². The van der Waals surface area contributed by atoms with E-state index in [4.69, 9.17) is 17.0 Å². The summed E-state index contributed by atoms with van der Waals surface area (Å²) in [6.45, 7) is 8.55. The highest BCUT2D eigenvalue weighted by molar-refractivity contribution is 7.71. The van der Waals surface area contributed by atoms with Gasteiger partial charge in [0.2, 0.25) is 4.77 Å². The highest BCUT2D eigenvalue weighted by Crippen LogP contribution is 2.19. The Kier molecular flexibility index (Phi) is 4.96. The minimum Gasteiger partial charge on any atom is -0.466 e. The molecule has 1 fully saturated rings. The van der Waals surface area contributed by atoms with Gasteiger partial charge in [-0.05, 0) is 51.9 Å². The second-order valence-electron chi connectivity index (χ2n) is 6.24. The van der Waals surface area contributed by atoms with Crippen molar-refractivity contribution in [2.75, 3.05) is 19.7 Å². The Labute approximate surface area is 146 Å². The van der Waals surface area contributed by atoms with Crippen LogP contribution in [0.1, 0.15) is 31.2 Å². The predicted molar refractivity (Wildman–Crippen MR) is 92.2 cm³/mol. The summed E-state index contributed by atoms with van der Waals surface area (Å²) in [7, 11) is 0. The highest BCUT2D eigenvalue weighted by Gasteiger charge is 2.26. The normalized spacial score (nSPS) is 16.6. The number of nitrogens with zero attached hydrogens (tertiary/aromatic N) is 5. The summed E-state index contributed by atoms with van der Waals surface area (Å²) in [4.78, 5) is 18.5. The van der Waals surface area contributed by atoms with Gasteiger partial charge in [-0.3, -0.25) is 14.1 Å². The largest absolute Gasteiger partial charge is 0.466 e. The van der Waals surface area contributed by atoms with Crippen LogP contribution in [0.25, 0.3) is 5.78 Å². The molecule has 8 heteroatoms. The van der Waals surface area contributed by atoms with Crippen LogP contribution in [-0.4, -0.2) is 49.7 Å². The van der Waals surface area contributed by atoms with Crippen LogP contribution in [-0.2, 0) is 16.2 Å². The number of aryl methyl sites for hydroxylation is 2. The topological polar surface area (TPSA) is 64.7 Å². The molecule has 24 heavy (non-hydrogen) atoms. The number of aromatic nitrogens is 4. The molecular weight excluding hydrogens is 326 g/mol. The van der Waals surface area contributed by atoms with Crippen molar-refractivity contribution in [3.63, 3.8) is 0 Å². The van der Waals surface area contributed by atoms with E-state index in [0.29, 0.717) is 23.8 Å². The number of carbonyl (C=O) groups is 1. The number of esters is 1. The van der Waals surface area contributed by atoms with E-state index in [-0.39, 0.29) is 11.9 Å². The summed E-state index contributed by atoms with van der Waals surface area (Å²) in [5.41, 5.74) is 1.97. The minimum atomic E-state index is -0.0724. The summed E-state index contributed by atoms with van der Waals surface area (Å²) < 4.78 is 9.48. The van der Waals surface area contributed by atoms with Gasteiger partial charge in [-0.25, -0.2) is 9.67 Å². The Morgan fingerprint density at radius 1 is 1.38 bits per heavy atom. The molecule has 0 bridgehead atoms. The van der Waals surface area contributed by atoms with Crippen LogP contribution in [0.4, 0.5) is 0 Å². The Bertz CT molecular complexity index is 805. The zero-order valence-corrected chi connectivity index (χ0v) is 15.2. The average molecular weight is 349 g/mol. The number of piperidine rings is 1. The maximum Gasteiger partial charge on any atom is 0.309 e. The molecule has 3 heterocycles. The molecule has 130 valence electrons. The second-order valence-corrected chi connectivity index (χ2v) is 6.61. The van der Waals surface area contributed by atoms with Crippen LogP contribution in [0.15, 0.2) is 6.07 Å².